The number of aliphatic hydroxyl groups is 1. The molecule has 1 aliphatic heterocycles. The number of aromatic nitrogens is 1. The average molecular weight is 457 g/mol. The number of carbonyl (C=O) groups excluding carboxylic acids is 2. The van der Waals surface area contributed by atoms with Crippen molar-refractivity contribution in [2.75, 3.05) is 18.4 Å². The van der Waals surface area contributed by atoms with Crippen molar-refractivity contribution in [2.45, 2.75) is 38.0 Å². The summed E-state index contributed by atoms with van der Waals surface area (Å²) in [5.74, 6) is -9.51. The van der Waals surface area contributed by atoms with Gasteiger partial charge in [-0.2, -0.15) is 13.2 Å². The van der Waals surface area contributed by atoms with Gasteiger partial charge < -0.3 is 15.3 Å². The second kappa shape index (κ2) is 8.45. The van der Waals surface area contributed by atoms with Crippen LogP contribution in [-0.2, 0) is 10.7 Å². The SMILES string of the molecule is Cc1cc(NC(=O)c2ccc(F)c(C(F)(F)C(=O)N3CCC(O)C(C)(F)C3)c2)cc(F)n1. The lowest BCUT2D eigenvalue weighted by Gasteiger charge is -2.39. The quantitative estimate of drug-likeness (QED) is 0.545. The third-order valence-electron chi connectivity index (χ3n) is 5.17. The molecule has 0 saturated carbocycles. The van der Waals surface area contributed by atoms with E-state index in [0.29, 0.717) is 17.0 Å². The molecule has 0 aliphatic carbocycles. The van der Waals surface area contributed by atoms with Gasteiger partial charge in [-0.05, 0) is 44.5 Å². The first-order chi connectivity index (χ1) is 14.8. The fraction of sp³-hybridized carbons (Fsp3) is 0.381. The number of halogens is 5. The summed E-state index contributed by atoms with van der Waals surface area (Å²) in [4.78, 5) is 28.9. The summed E-state index contributed by atoms with van der Waals surface area (Å²) in [6.45, 7) is 1.31. The van der Waals surface area contributed by atoms with Gasteiger partial charge in [0.15, 0.2) is 5.67 Å². The van der Waals surface area contributed by atoms with Gasteiger partial charge in [0.05, 0.1) is 18.2 Å². The Labute approximate surface area is 180 Å². The molecule has 1 saturated heterocycles. The Bertz CT molecular complexity index is 1040. The first-order valence-corrected chi connectivity index (χ1v) is 9.61. The second-order valence-electron chi connectivity index (χ2n) is 7.85. The number of carbonyl (C=O) groups is 2. The maximum atomic E-state index is 14.9. The Morgan fingerprint density at radius 1 is 1.25 bits per heavy atom. The van der Waals surface area contributed by atoms with Crippen molar-refractivity contribution in [3.63, 3.8) is 0 Å². The van der Waals surface area contributed by atoms with E-state index in [2.05, 4.69) is 10.3 Å². The van der Waals surface area contributed by atoms with E-state index in [1.165, 1.54) is 13.0 Å². The van der Waals surface area contributed by atoms with E-state index in [1.807, 2.05) is 0 Å². The summed E-state index contributed by atoms with van der Waals surface area (Å²) < 4.78 is 71.8. The molecule has 0 spiro atoms. The van der Waals surface area contributed by atoms with Crippen molar-refractivity contribution in [3.05, 3.63) is 58.9 Å². The lowest BCUT2D eigenvalue weighted by atomic mass is 9.92. The summed E-state index contributed by atoms with van der Waals surface area (Å²) in [5, 5.41) is 11.9. The van der Waals surface area contributed by atoms with E-state index >= 15 is 0 Å². The third-order valence-corrected chi connectivity index (χ3v) is 5.17. The number of amides is 2. The van der Waals surface area contributed by atoms with E-state index in [4.69, 9.17) is 0 Å². The minimum atomic E-state index is -4.40. The first-order valence-electron chi connectivity index (χ1n) is 9.61. The minimum absolute atomic E-state index is 0.00261. The van der Waals surface area contributed by atoms with Gasteiger partial charge in [-0.15, -0.1) is 0 Å². The number of anilines is 1. The van der Waals surface area contributed by atoms with Crippen LogP contribution in [0.25, 0.3) is 0 Å². The maximum Gasteiger partial charge on any atom is 0.352 e. The molecule has 1 aliphatic rings. The van der Waals surface area contributed by atoms with Crippen LogP contribution >= 0.6 is 0 Å². The molecule has 2 heterocycles. The number of nitrogens with zero attached hydrogens (tertiary/aromatic N) is 2. The smallest absolute Gasteiger partial charge is 0.352 e. The van der Waals surface area contributed by atoms with E-state index in [-0.39, 0.29) is 24.3 Å². The molecule has 2 aromatic rings. The number of likely N-dealkylation sites (tertiary alicyclic amines) is 1. The van der Waals surface area contributed by atoms with Crippen LogP contribution in [0.4, 0.5) is 27.6 Å². The Balaban J connectivity index is 1.86. The highest BCUT2D eigenvalue weighted by molar-refractivity contribution is 6.04. The Morgan fingerprint density at radius 2 is 1.94 bits per heavy atom. The molecule has 11 heteroatoms. The zero-order valence-electron chi connectivity index (χ0n) is 17.1. The molecule has 32 heavy (non-hydrogen) atoms. The lowest BCUT2D eigenvalue weighted by Crippen LogP contribution is -2.56. The summed E-state index contributed by atoms with van der Waals surface area (Å²) in [7, 11) is 0. The van der Waals surface area contributed by atoms with Gasteiger partial charge in [0, 0.05) is 29.6 Å². The van der Waals surface area contributed by atoms with Crippen LogP contribution in [0.3, 0.4) is 0 Å². The predicted molar refractivity (Wildman–Crippen MR) is 104 cm³/mol. The number of aryl methyl sites for hydroxylation is 1. The van der Waals surface area contributed by atoms with E-state index in [1.54, 1.807) is 0 Å². The Hall–Kier alpha value is -3.08. The first kappa shape index (κ1) is 23.6. The van der Waals surface area contributed by atoms with Gasteiger partial charge >= 0.3 is 5.92 Å². The highest BCUT2D eigenvalue weighted by Crippen LogP contribution is 2.35. The van der Waals surface area contributed by atoms with Gasteiger partial charge in [0.25, 0.3) is 11.8 Å². The zero-order chi connectivity index (χ0) is 23.8. The number of aliphatic hydroxyl groups excluding tert-OH is 1. The molecule has 6 nitrogen and oxygen atoms in total. The number of hydrogen-bond donors (Lipinski definition) is 2. The van der Waals surface area contributed by atoms with Crippen LogP contribution in [0, 0.1) is 18.7 Å². The number of rotatable bonds is 4. The van der Waals surface area contributed by atoms with Crippen LogP contribution in [0.1, 0.15) is 35.0 Å². The van der Waals surface area contributed by atoms with Gasteiger partial charge in [-0.25, -0.2) is 13.8 Å². The highest BCUT2D eigenvalue weighted by Gasteiger charge is 2.50. The average Bonchev–Trinajstić information content (AvgIpc) is 2.68. The molecule has 2 N–H and O–H groups in total. The molecule has 2 atom stereocenters. The molecule has 3 rings (SSSR count). The molecule has 1 fully saturated rings. The van der Waals surface area contributed by atoms with Crippen LogP contribution in [0.2, 0.25) is 0 Å². The topological polar surface area (TPSA) is 82.5 Å². The van der Waals surface area contributed by atoms with Gasteiger partial charge in [-0.3, -0.25) is 9.59 Å². The van der Waals surface area contributed by atoms with Crippen molar-refractivity contribution in [2.24, 2.45) is 0 Å². The van der Waals surface area contributed by atoms with Crippen LogP contribution in [-0.4, -0.2) is 51.7 Å². The summed E-state index contributed by atoms with van der Waals surface area (Å²) in [6, 6.07) is 4.28. The van der Waals surface area contributed by atoms with Crippen molar-refractivity contribution < 1.29 is 36.6 Å². The molecule has 172 valence electrons. The molecule has 1 aromatic heterocycles. The number of piperidine rings is 1. The maximum absolute atomic E-state index is 14.9. The standard InChI is InChI=1S/C21H20F5N3O3/c1-11-7-13(9-17(23)27-11)28-18(31)12-3-4-15(22)14(8-12)21(25,26)19(32)29-6-5-16(30)20(2,24)10-29/h3-4,7-9,16,30H,5-6,10H2,1-2H3,(H,27,28,31). The monoisotopic (exact) mass is 457 g/mol. The van der Waals surface area contributed by atoms with Crippen LogP contribution < -0.4 is 5.32 Å². The normalized spacial score (nSPS) is 21.4. The predicted octanol–water partition coefficient (Wildman–Crippen LogP) is 3.33. The fourth-order valence-corrected chi connectivity index (χ4v) is 3.43. The summed E-state index contributed by atoms with van der Waals surface area (Å²) in [5.41, 5.74) is -3.82. The van der Waals surface area contributed by atoms with E-state index in [9.17, 15) is 36.6 Å². The van der Waals surface area contributed by atoms with Crippen molar-refractivity contribution in [1.29, 1.82) is 0 Å². The summed E-state index contributed by atoms with van der Waals surface area (Å²) >= 11 is 0. The largest absolute Gasteiger partial charge is 0.390 e. The van der Waals surface area contributed by atoms with Crippen molar-refractivity contribution in [1.82, 2.24) is 9.88 Å². The summed E-state index contributed by atoms with van der Waals surface area (Å²) in [6.07, 6.45) is -1.69. The Morgan fingerprint density at radius 3 is 2.56 bits per heavy atom. The van der Waals surface area contributed by atoms with E-state index in [0.717, 1.165) is 19.1 Å². The molecular weight excluding hydrogens is 437 g/mol. The third kappa shape index (κ3) is 4.72. The fourth-order valence-electron chi connectivity index (χ4n) is 3.43. The molecule has 2 unspecified atom stereocenters. The number of benzene rings is 1. The molecule has 1 aromatic carbocycles. The van der Waals surface area contributed by atoms with E-state index < -0.39 is 58.9 Å². The number of nitrogens with one attached hydrogen (secondary N) is 1. The highest BCUT2D eigenvalue weighted by atomic mass is 19.3. The molecule has 0 radical (unpaired) electrons. The molecular formula is C21H20F5N3O3. The lowest BCUT2D eigenvalue weighted by molar-refractivity contribution is -0.167. The number of pyridine rings is 1. The Kier molecular flexibility index (Phi) is 6.23. The number of hydrogen-bond acceptors (Lipinski definition) is 4. The number of alkyl halides is 3. The zero-order valence-corrected chi connectivity index (χ0v) is 17.1. The second-order valence-corrected chi connectivity index (χ2v) is 7.85. The minimum Gasteiger partial charge on any atom is -0.390 e. The van der Waals surface area contributed by atoms with Gasteiger partial charge in [0.2, 0.25) is 5.95 Å². The van der Waals surface area contributed by atoms with Crippen molar-refractivity contribution >= 4 is 17.5 Å². The van der Waals surface area contributed by atoms with Crippen LogP contribution in [0.5, 0.6) is 0 Å². The molecule has 0 bridgehead atoms. The van der Waals surface area contributed by atoms with Crippen molar-refractivity contribution in [3.8, 4) is 0 Å². The van der Waals surface area contributed by atoms with Gasteiger partial charge in [0.1, 0.15) is 5.82 Å². The van der Waals surface area contributed by atoms with Crippen LogP contribution in [0.15, 0.2) is 30.3 Å². The van der Waals surface area contributed by atoms with Gasteiger partial charge in [-0.1, -0.05) is 0 Å². The molecule has 2 amide bonds.